The van der Waals surface area contributed by atoms with E-state index in [2.05, 4.69) is 38.1 Å². The zero-order chi connectivity index (χ0) is 20.8. The van der Waals surface area contributed by atoms with Crippen molar-refractivity contribution in [1.82, 2.24) is 19.9 Å². The average Bonchev–Trinajstić information content (AvgIpc) is 3.34. The van der Waals surface area contributed by atoms with Crippen LogP contribution in [0.4, 0.5) is 0 Å². The standard InChI is InChI=1S/C24H22N6/c1-3-22(20-8-11-23-19(15-20)5-4-12-27-23)29-24(25-2)28-16-18-6-9-21(10-7-18)30-14-13-26-17-30/h3-15,17H,2,16H2,1H3,(H,28,29)/b22-3-. The van der Waals surface area contributed by atoms with Crippen molar-refractivity contribution >= 4 is 29.3 Å². The van der Waals surface area contributed by atoms with Crippen molar-refractivity contribution < 1.29 is 0 Å². The highest BCUT2D eigenvalue weighted by atomic mass is 15.1. The third kappa shape index (κ3) is 4.33. The second-order valence-corrected chi connectivity index (χ2v) is 6.67. The van der Waals surface area contributed by atoms with Crippen LogP contribution in [0.1, 0.15) is 18.1 Å². The lowest BCUT2D eigenvalue weighted by Gasteiger charge is -2.11. The molecule has 1 N–H and O–H groups in total. The van der Waals surface area contributed by atoms with Gasteiger partial charge >= 0.3 is 0 Å². The Morgan fingerprint density at radius 2 is 2.00 bits per heavy atom. The van der Waals surface area contributed by atoms with Gasteiger partial charge in [-0.1, -0.05) is 30.3 Å². The van der Waals surface area contributed by atoms with Crippen molar-refractivity contribution in [2.75, 3.05) is 0 Å². The van der Waals surface area contributed by atoms with E-state index >= 15 is 0 Å². The normalized spacial score (nSPS) is 12.2. The maximum absolute atomic E-state index is 4.58. The molecule has 0 saturated carbocycles. The van der Waals surface area contributed by atoms with Crippen LogP contribution in [0.2, 0.25) is 0 Å². The van der Waals surface area contributed by atoms with Gasteiger partial charge in [0.15, 0.2) is 0 Å². The molecule has 0 amide bonds. The largest absolute Gasteiger partial charge is 0.324 e. The topological polar surface area (TPSA) is 67.5 Å². The van der Waals surface area contributed by atoms with Crippen LogP contribution < -0.4 is 5.32 Å². The number of nitrogens with zero attached hydrogens (tertiary/aromatic N) is 5. The summed E-state index contributed by atoms with van der Waals surface area (Å²) in [6.07, 6.45) is 9.25. The molecule has 0 aliphatic heterocycles. The molecule has 4 rings (SSSR count). The van der Waals surface area contributed by atoms with Gasteiger partial charge < -0.3 is 9.88 Å². The summed E-state index contributed by atoms with van der Waals surface area (Å²) in [4.78, 5) is 17.1. The summed E-state index contributed by atoms with van der Waals surface area (Å²) in [5.74, 6) is 0.480. The third-order valence-electron chi connectivity index (χ3n) is 4.75. The highest BCUT2D eigenvalue weighted by Gasteiger charge is 2.05. The maximum atomic E-state index is 4.58. The number of fused-ring (bicyclic) bond motifs is 1. The van der Waals surface area contributed by atoms with Crippen LogP contribution in [0.3, 0.4) is 0 Å². The first-order valence-electron chi connectivity index (χ1n) is 9.64. The summed E-state index contributed by atoms with van der Waals surface area (Å²) < 4.78 is 1.96. The molecule has 4 aromatic rings. The number of guanidine groups is 1. The van der Waals surface area contributed by atoms with Gasteiger partial charge in [0.2, 0.25) is 5.96 Å². The first kappa shape index (κ1) is 19.3. The molecule has 0 fully saturated rings. The van der Waals surface area contributed by atoms with E-state index in [1.165, 1.54) is 0 Å². The van der Waals surface area contributed by atoms with Crippen molar-refractivity contribution in [3.63, 3.8) is 0 Å². The van der Waals surface area contributed by atoms with Crippen LogP contribution in [-0.4, -0.2) is 27.2 Å². The minimum atomic E-state index is 0.480. The Labute approximate surface area is 175 Å². The van der Waals surface area contributed by atoms with E-state index in [0.717, 1.165) is 33.4 Å². The van der Waals surface area contributed by atoms with Crippen LogP contribution in [0.15, 0.2) is 95.6 Å². The maximum Gasteiger partial charge on any atom is 0.222 e. The Bertz CT molecular complexity index is 1200. The molecule has 2 heterocycles. The fourth-order valence-electron chi connectivity index (χ4n) is 3.16. The summed E-state index contributed by atoms with van der Waals surface area (Å²) >= 11 is 0. The van der Waals surface area contributed by atoms with E-state index in [1.807, 2.05) is 72.3 Å². The molecule has 0 aliphatic carbocycles. The molecule has 0 atom stereocenters. The Morgan fingerprint density at radius 3 is 2.73 bits per heavy atom. The van der Waals surface area contributed by atoms with Crippen molar-refractivity contribution in [3.05, 3.63) is 96.7 Å². The van der Waals surface area contributed by atoms with Gasteiger partial charge in [0, 0.05) is 35.4 Å². The lowest BCUT2D eigenvalue weighted by Crippen LogP contribution is -2.20. The summed E-state index contributed by atoms with van der Waals surface area (Å²) in [5, 5.41) is 4.37. The molecule has 2 aromatic heterocycles. The molecule has 2 aromatic carbocycles. The molecule has 0 unspecified atom stereocenters. The fourth-order valence-corrected chi connectivity index (χ4v) is 3.16. The van der Waals surface area contributed by atoms with E-state index in [9.17, 15) is 0 Å². The number of allylic oxidation sites excluding steroid dienone is 1. The SMILES string of the molecule is C=NC(=NCc1ccc(-n2ccnc2)cc1)N/C(=C\C)c1ccc2ncccc2c1. The second-order valence-electron chi connectivity index (χ2n) is 6.67. The number of benzene rings is 2. The summed E-state index contributed by atoms with van der Waals surface area (Å²) in [5.41, 5.74) is 5.07. The number of nitrogens with one attached hydrogen (secondary N) is 1. The van der Waals surface area contributed by atoms with Crippen LogP contribution in [0.25, 0.3) is 22.3 Å². The second kappa shape index (κ2) is 8.96. The van der Waals surface area contributed by atoms with E-state index in [0.29, 0.717) is 12.5 Å². The van der Waals surface area contributed by atoms with Crippen LogP contribution in [0, 0.1) is 0 Å². The first-order valence-corrected chi connectivity index (χ1v) is 9.64. The number of aromatic nitrogens is 3. The highest BCUT2D eigenvalue weighted by molar-refractivity contribution is 5.93. The Morgan fingerprint density at radius 1 is 1.13 bits per heavy atom. The predicted octanol–water partition coefficient (Wildman–Crippen LogP) is 4.63. The summed E-state index contributed by atoms with van der Waals surface area (Å²) in [6.45, 7) is 6.14. The molecule has 0 bridgehead atoms. The number of imidazole rings is 1. The molecule has 0 aliphatic rings. The highest BCUT2D eigenvalue weighted by Crippen LogP contribution is 2.19. The third-order valence-corrected chi connectivity index (χ3v) is 4.75. The lowest BCUT2D eigenvalue weighted by atomic mass is 10.1. The van der Waals surface area contributed by atoms with Gasteiger partial charge in [0.1, 0.15) is 0 Å². The van der Waals surface area contributed by atoms with Gasteiger partial charge in [0.25, 0.3) is 0 Å². The van der Waals surface area contributed by atoms with Gasteiger partial charge in [-0.05, 0) is 55.1 Å². The fraction of sp³-hybridized carbons (Fsp3) is 0.0833. The van der Waals surface area contributed by atoms with E-state index in [1.54, 1.807) is 18.7 Å². The molecule has 30 heavy (non-hydrogen) atoms. The molecule has 148 valence electrons. The molecule has 0 spiro atoms. The van der Waals surface area contributed by atoms with E-state index < -0.39 is 0 Å². The van der Waals surface area contributed by atoms with E-state index in [4.69, 9.17) is 0 Å². The van der Waals surface area contributed by atoms with Crippen LogP contribution in [-0.2, 0) is 6.54 Å². The van der Waals surface area contributed by atoms with Crippen molar-refractivity contribution in [2.45, 2.75) is 13.5 Å². The quantitative estimate of drug-likeness (QED) is 0.396. The van der Waals surface area contributed by atoms with E-state index in [-0.39, 0.29) is 0 Å². The zero-order valence-electron chi connectivity index (χ0n) is 16.7. The number of aliphatic imine (C=N–C) groups is 2. The number of pyridine rings is 1. The molecule has 0 saturated heterocycles. The summed E-state index contributed by atoms with van der Waals surface area (Å²) in [6, 6.07) is 18.3. The van der Waals surface area contributed by atoms with Crippen molar-refractivity contribution in [2.24, 2.45) is 9.98 Å². The van der Waals surface area contributed by atoms with Crippen LogP contribution in [0.5, 0.6) is 0 Å². The Kier molecular flexibility index (Phi) is 5.75. The summed E-state index contributed by atoms with van der Waals surface area (Å²) in [7, 11) is 0. The molecule has 0 radical (unpaired) electrons. The van der Waals surface area contributed by atoms with Gasteiger partial charge in [-0.15, -0.1) is 0 Å². The smallest absolute Gasteiger partial charge is 0.222 e. The van der Waals surface area contributed by atoms with Gasteiger partial charge in [0.05, 0.1) is 18.4 Å². The molecule has 6 nitrogen and oxygen atoms in total. The predicted molar refractivity (Wildman–Crippen MR) is 123 cm³/mol. The number of hydrogen-bond acceptors (Lipinski definition) is 3. The lowest BCUT2D eigenvalue weighted by molar-refractivity contribution is 1.02. The monoisotopic (exact) mass is 394 g/mol. The van der Waals surface area contributed by atoms with Crippen molar-refractivity contribution in [1.29, 1.82) is 0 Å². The zero-order valence-corrected chi connectivity index (χ0v) is 16.7. The van der Waals surface area contributed by atoms with Gasteiger partial charge in [-0.25, -0.2) is 15.0 Å². The van der Waals surface area contributed by atoms with Crippen LogP contribution >= 0.6 is 0 Å². The average molecular weight is 394 g/mol. The molecule has 6 heteroatoms. The molecular formula is C24H22N6. The van der Waals surface area contributed by atoms with Gasteiger partial charge in [-0.2, -0.15) is 0 Å². The first-order chi connectivity index (χ1) is 14.8. The minimum Gasteiger partial charge on any atom is -0.324 e. The van der Waals surface area contributed by atoms with Crippen molar-refractivity contribution in [3.8, 4) is 5.69 Å². The number of rotatable bonds is 5. The van der Waals surface area contributed by atoms with Gasteiger partial charge in [-0.3, -0.25) is 4.98 Å². The molecular weight excluding hydrogens is 372 g/mol. The Balaban J connectivity index is 1.48. The number of hydrogen-bond donors (Lipinski definition) is 1. The minimum absolute atomic E-state index is 0.480. The Hall–Kier alpha value is -4.06.